The predicted octanol–water partition coefficient (Wildman–Crippen LogP) is 3.45. The molecule has 0 spiro atoms. The number of hydrogen-bond donors (Lipinski definition) is 1. The molecule has 0 saturated carbocycles. The first-order valence-electron chi connectivity index (χ1n) is 8.30. The number of alkyl halides is 1. The number of halogens is 1. The van der Waals surface area contributed by atoms with E-state index < -0.39 is 12.3 Å². The number of aliphatic hydroxyl groups is 1. The summed E-state index contributed by atoms with van der Waals surface area (Å²) >= 11 is 1.59. The Bertz CT molecular complexity index is 505. The summed E-state index contributed by atoms with van der Waals surface area (Å²) in [5.74, 6) is 1.09. The summed E-state index contributed by atoms with van der Waals surface area (Å²) in [6.07, 6.45) is -0.556. The highest BCUT2D eigenvalue weighted by atomic mass is 32.2. The average molecular weight is 354 g/mol. The SMILES string of the molecule is CCC(SCC(C)F)N(CC)CC(O)COc1ccc(C#N)cc1. The zero-order chi connectivity index (χ0) is 17.9. The molecule has 0 aliphatic carbocycles. The smallest absolute Gasteiger partial charge is 0.119 e. The number of likely N-dealkylation sites (N-methyl/N-ethyl adjacent to an activating group) is 1. The lowest BCUT2D eigenvalue weighted by Gasteiger charge is -2.31. The predicted molar refractivity (Wildman–Crippen MR) is 97.0 cm³/mol. The van der Waals surface area contributed by atoms with E-state index in [1.54, 1.807) is 43.0 Å². The van der Waals surface area contributed by atoms with Gasteiger partial charge in [-0.25, -0.2) is 4.39 Å². The Morgan fingerprint density at radius 1 is 1.33 bits per heavy atom. The summed E-state index contributed by atoms with van der Waals surface area (Å²) in [7, 11) is 0. The maximum atomic E-state index is 13.1. The van der Waals surface area contributed by atoms with E-state index in [1.807, 2.05) is 6.92 Å². The van der Waals surface area contributed by atoms with Gasteiger partial charge in [0.2, 0.25) is 0 Å². The van der Waals surface area contributed by atoms with E-state index in [2.05, 4.69) is 17.9 Å². The quantitative estimate of drug-likeness (QED) is 0.617. The van der Waals surface area contributed by atoms with Gasteiger partial charge in [0.25, 0.3) is 0 Å². The van der Waals surface area contributed by atoms with E-state index >= 15 is 0 Å². The molecule has 0 fully saturated rings. The molecule has 1 aromatic rings. The molecule has 134 valence electrons. The van der Waals surface area contributed by atoms with Gasteiger partial charge in [0.15, 0.2) is 0 Å². The second-order valence-corrected chi connectivity index (χ2v) is 6.88. The maximum Gasteiger partial charge on any atom is 0.119 e. The first kappa shape index (κ1) is 20.8. The molecule has 0 heterocycles. The normalized spacial score (nSPS) is 14.9. The standard InChI is InChI=1S/C18H27FN2O2S/c1-4-18(24-13-14(3)19)21(5-2)11-16(22)12-23-17-8-6-15(10-20)7-9-17/h6-9,14,16,18,22H,4-5,11-13H2,1-3H3. The first-order chi connectivity index (χ1) is 11.5. The summed E-state index contributed by atoms with van der Waals surface area (Å²) in [5, 5.41) is 19.2. The fraction of sp³-hybridized carbons (Fsp3) is 0.611. The van der Waals surface area contributed by atoms with Crippen LogP contribution in [0.4, 0.5) is 4.39 Å². The minimum absolute atomic E-state index is 0.184. The van der Waals surface area contributed by atoms with Crippen LogP contribution in [0.5, 0.6) is 5.75 Å². The van der Waals surface area contributed by atoms with E-state index in [0.29, 0.717) is 23.6 Å². The van der Waals surface area contributed by atoms with Gasteiger partial charge in [0.1, 0.15) is 24.6 Å². The van der Waals surface area contributed by atoms with Crippen LogP contribution in [0.2, 0.25) is 0 Å². The third-order valence-electron chi connectivity index (χ3n) is 3.55. The monoisotopic (exact) mass is 354 g/mol. The summed E-state index contributed by atoms with van der Waals surface area (Å²) in [5.41, 5.74) is 0.574. The molecular formula is C18H27FN2O2S. The van der Waals surface area contributed by atoms with Crippen molar-refractivity contribution in [3.05, 3.63) is 29.8 Å². The van der Waals surface area contributed by atoms with E-state index in [4.69, 9.17) is 10.00 Å². The molecule has 0 saturated heterocycles. The maximum absolute atomic E-state index is 13.1. The summed E-state index contributed by atoms with van der Waals surface area (Å²) in [4.78, 5) is 2.15. The molecule has 0 aliphatic rings. The largest absolute Gasteiger partial charge is 0.491 e. The molecule has 0 aromatic heterocycles. The van der Waals surface area contributed by atoms with E-state index in [-0.39, 0.29) is 12.0 Å². The molecule has 1 N–H and O–H groups in total. The average Bonchev–Trinajstić information content (AvgIpc) is 2.59. The van der Waals surface area contributed by atoms with Crippen molar-refractivity contribution in [3.8, 4) is 11.8 Å². The Morgan fingerprint density at radius 3 is 2.50 bits per heavy atom. The van der Waals surface area contributed by atoms with Crippen molar-refractivity contribution in [1.82, 2.24) is 4.90 Å². The Morgan fingerprint density at radius 2 is 2.00 bits per heavy atom. The number of benzene rings is 1. The van der Waals surface area contributed by atoms with Crippen LogP contribution >= 0.6 is 11.8 Å². The van der Waals surface area contributed by atoms with E-state index in [0.717, 1.165) is 13.0 Å². The van der Waals surface area contributed by atoms with Crippen LogP contribution in [0.25, 0.3) is 0 Å². The molecule has 0 aliphatic heterocycles. The number of thioether (sulfide) groups is 1. The van der Waals surface area contributed by atoms with E-state index in [9.17, 15) is 9.50 Å². The highest BCUT2D eigenvalue weighted by molar-refractivity contribution is 7.99. The lowest BCUT2D eigenvalue weighted by atomic mass is 10.2. The van der Waals surface area contributed by atoms with Gasteiger partial charge in [-0.05, 0) is 44.2 Å². The van der Waals surface area contributed by atoms with Gasteiger partial charge in [-0.2, -0.15) is 5.26 Å². The fourth-order valence-electron chi connectivity index (χ4n) is 2.32. The van der Waals surface area contributed by atoms with Crippen molar-refractivity contribution < 1.29 is 14.2 Å². The van der Waals surface area contributed by atoms with Crippen molar-refractivity contribution in [2.24, 2.45) is 0 Å². The van der Waals surface area contributed by atoms with Crippen molar-refractivity contribution >= 4 is 11.8 Å². The molecule has 1 rings (SSSR count). The molecule has 0 amide bonds. The molecule has 0 radical (unpaired) electrons. The number of hydrogen-bond acceptors (Lipinski definition) is 5. The van der Waals surface area contributed by atoms with Crippen LogP contribution in [-0.4, -0.2) is 53.1 Å². The molecule has 6 heteroatoms. The Balaban J connectivity index is 2.47. The number of nitrogens with zero attached hydrogens (tertiary/aromatic N) is 2. The first-order valence-corrected chi connectivity index (χ1v) is 9.35. The van der Waals surface area contributed by atoms with Crippen molar-refractivity contribution in [2.75, 3.05) is 25.4 Å². The Labute approximate surface area is 148 Å². The van der Waals surface area contributed by atoms with Crippen LogP contribution in [0, 0.1) is 11.3 Å². The van der Waals surface area contributed by atoms with Crippen molar-refractivity contribution in [1.29, 1.82) is 5.26 Å². The van der Waals surface area contributed by atoms with Gasteiger partial charge < -0.3 is 9.84 Å². The molecular weight excluding hydrogens is 327 g/mol. The van der Waals surface area contributed by atoms with Gasteiger partial charge >= 0.3 is 0 Å². The molecule has 3 atom stereocenters. The highest BCUT2D eigenvalue weighted by Gasteiger charge is 2.20. The van der Waals surface area contributed by atoms with Gasteiger partial charge in [-0.15, -0.1) is 11.8 Å². The van der Waals surface area contributed by atoms with Crippen LogP contribution in [0.1, 0.15) is 32.8 Å². The number of rotatable bonds is 11. The zero-order valence-electron chi connectivity index (χ0n) is 14.6. The van der Waals surface area contributed by atoms with Gasteiger partial charge in [0, 0.05) is 12.3 Å². The zero-order valence-corrected chi connectivity index (χ0v) is 15.4. The third-order valence-corrected chi connectivity index (χ3v) is 5.22. The summed E-state index contributed by atoms with van der Waals surface area (Å²) < 4.78 is 18.6. The van der Waals surface area contributed by atoms with Gasteiger partial charge in [-0.1, -0.05) is 13.8 Å². The Hall–Kier alpha value is -1.29. The summed E-state index contributed by atoms with van der Waals surface area (Å²) in [6, 6.07) is 8.85. The van der Waals surface area contributed by atoms with Crippen LogP contribution < -0.4 is 4.74 Å². The number of nitriles is 1. The van der Waals surface area contributed by atoms with Gasteiger partial charge in [0.05, 0.1) is 17.0 Å². The molecule has 3 unspecified atom stereocenters. The third kappa shape index (κ3) is 7.52. The van der Waals surface area contributed by atoms with Crippen LogP contribution in [0.3, 0.4) is 0 Å². The van der Waals surface area contributed by atoms with Crippen molar-refractivity contribution in [3.63, 3.8) is 0 Å². The lowest BCUT2D eigenvalue weighted by molar-refractivity contribution is 0.0658. The topological polar surface area (TPSA) is 56.5 Å². The molecule has 24 heavy (non-hydrogen) atoms. The molecule has 0 bridgehead atoms. The second kappa shape index (κ2) is 11.3. The lowest BCUT2D eigenvalue weighted by Crippen LogP contribution is -2.41. The van der Waals surface area contributed by atoms with E-state index in [1.165, 1.54) is 0 Å². The highest BCUT2D eigenvalue weighted by Crippen LogP contribution is 2.21. The van der Waals surface area contributed by atoms with Crippen molar-refractivity contribution in [2.45, 2.75) is 44.8 Å². The number of ether oxygens (including phenoxy) is 1. The second-order valence-electron chi connectivity index (χ2n) is 5.67. The minimum atomic E-state index is -0.826. The minimum Gasteiger partial charge on any atom is -0.491 e. The summed E-state index contributed by atoms with van der Waals surface area (Å²) in [6.45, 7) is 7.14. The van der Waals surface area contributed by atoms with Gasteiger partial charge in [-0.3, -0.25) is 4.90 Å². The van der Waals surface area contributed by atoms with Crippen LogP contribution in [-0.2, 0) is 0 Å². The molecule has 1 aromatic carbocycles. The number of aliphatic hydroxyl groups excluding tert-OH is 1. The van der Waals surface area contributed by atoms with Crippen LogP contribution in [0.15, 0.2) is 24.3 Å². The fourth-order valence-corrected chi connectivity index (χ4v) is 3.49. The molecule has 4 nitrogen and oxygen atoms in total. The Kier molecular flexibility index (Phi) is 9.77.